The molecule has 0 unspecified atom stereocenters. The molecule has 18 heavy (non-hydrogen) atoms. The number of carboxylic acid groups (broad SMARTS) is 2. The zero-order chi connectivity index (χ0) is 14.3. The molecule has 0 saturated carbocycles. The number of amides is 2. The first kappa shape index (κ1) is 36.2. The fraction of sp³-hybridized carbons (Fsp3) is 0.333. The van der Waals surface area contributed by atoms with Crippen LogP contribution in [0.3, 0.4) is 0 Å². The van der Waals surface area contributed by atoms with Crippen molar-refractivity contribution in [3.8, 4) is 0 Å². The van der Waals surface area contributed by atoms with Gasteiger partial charge in [0.15, 0.2) is 0 Å². The number of carbonyl (C=O) groups is 4. The van der Waals surface area contributed by atoms with Crippen molar-refractivity contribution < 1.29 is 88.5 Å². The van der Waals surface area contributed by atoms with E-state index in [9.17, 15) is 0 Å². The molecular formula is C6H12N2Na2O6S2. The zero-order valence-corrected chi connectivity index (χ0v) is 16.1. The number of primary amides is 2. The van der Waals surface area contributed by atoms with Crippen molar-refractivity contribution in [3.05, 3.63) is 0 Å². The Morgan fingerprint density at radius 1 is 0.778 bits per heavy atom. The van der Waals surface area contributed by atoms with Crippen molar-refractivity contribution in [2.45, 2.75) is 13.8 Å². The molecule has 0 aliphatic carbocycles. The molecule has 0 aliphatic rings. The Bertz CT molecular complexity index is 178. The van der Waals surface area contributed by atoms with Crippen LogP contribution in [0, 0.1) is 0 Å². The summed E-state index contributed by atoms with van der Waals surface area (Å²) in [4.78, 5) is 36.1. The van der Waals surface area contributed by atoms with Crippen molar-refractivity contribution in [1.82, 2.24) is 0 Å². The van der Waals surface area contributed by atoms with Gasteiger partial charge in [0.05, 0.1) is 10.5 Å². The van der Waals surface area contributed by atoms with Crippen LogP contribution in [0.4, 0.5) is 9.59 Å². The van der Waals surface area contributed by atoms with E-state index in [0.29, 0.717) is 0 Å². The van der Waals surface area contributed by atoms with Crippen LogP contribution in [0.25, 0.3) is 0 Å². The van der Waals surface area contributed by atoms with Gasteiger partial charge in [0.1, 0.15) is 0 Å². The standard InChI is InChI=1S/2C2H4O2.2CH3NOS.2Na/c2*1-2(3)4;2*2-1(3)4;;/h2*1H3,(H,3,4);2*(H3,2,3,4);;/q;;;;2*+1/p-2. The average molecular weight is 318 g/mol. The van der Waals surface area contributed by atoms with E-state index in [1.54, 1.807) is 0 Å². The maximum atomic E-state index is 9.04. The molecule has 0 aromatic rings. The van der Waals surface area contributed by atoms with Crippen LogP contribution < -0.4 is 70.6 Å². The molecule has 96 valence electrons. The molecule has 0 atom stereocenters. The molecule has 0 saturated heterocycles. The number of rotatable bonds is 0. The maximum Gasteiger partial charge on any atom is 1.00 e. The molecule has 0 fully saturated rings. The van der Waals surface area contributed by atoms with Crippen LogP contribution in [0.15, 0.2) is 0 Å². The predicted molar refractivity (Wildman–Crippen MR) is 60.5 cm³/mol. The van der Waals surface area contributed by atoms with Crippen molar-refractivity contribution in [2.75, 3.05) is 0 Å². The number of carbonyl (C=O) groups excluding carboxylic acids is 2. The van der Waals surface area contributed by atoms with Crippen molar-refractivity contribution in [2.24, 2.45) is 11.5 Å². The number of nitrogens with two attached hydrogens (primary N) is 2. The summed E-state index contributed by atoms with van der Waals surface area (Å²) in [6.45, 7) is 2.17. The molecule has 2 amide bonds. The summed E-state index contributed by atoms with van der Waals surface area (Å²) < 4.78 is 0. The smallest absolute Gasteiger partial charge is 0.719 e. The fourth-order valence-electron chi connectivity index (χ4n) is 0. The second kappa shape index (κ2) is 30.4. The Morgan fingerprint density at radius 2 is 0.778 bits per heavy atom. The van der Waals surface area contributed by atoms with E-state index in [-0.39, 0.29) is 59.1 Å². The van der Waals surface area contributed by atoms with Gasteiger partial charge in [-0.15, -0.1) is 0 Å². The molecule has 0 rings (SSSR count). The SMILES string of the molecule is CC(=O)O.CC(=O)O.NC(=O)[S-].NC(=O)[S-].[Na+].[Na+]. The minimum Gasteiger partial charge on any atom is -0.719 e. The molecule has 0 aromatic heterocycles. The molecule has 8 nitrogen and oxygen atoms in total. The fourth-order valence-corrected chi connectivity index (χ4v) is 0. The quantitative estimate of drug-likeness (QED) is 0.253. The monoisotopic (exact) mass is 318 g/mol. The number of carboxylic acids is 2. The second-order valence-electron chi connectivity index (χ2n) is 1.68. The Hall–Kier alpha value is 0.320. The van der Waals surface area contributed by atoms with Gasteiger partial charge in [-0.3, -0.25) is 9.59 Å². The second-order valence-corrected chi connectivity index (χ2v) is 2.48. The third-order valence-electron chi connectivity index (χ3n) is 0. The zero-order valence-electron chi connectivity index (χ0n) is 10.5. The van der Waals surface area contributed by atoms with E-state index in [4.69, 9.17) is 29.4 Å². The predicted octanol–water partition coefficient (Wildman–Crippen LogP) is -6.59. The maximum absolute atomic E-state index is 9.04. The Balaban J connectivity index is -0.0000000257. The molecule has 0 bridgehead atoms. The van der Waals surface area contributed by atoms with Crippen molar-refractivity contribution in [1.29, 1.82) is 0 Å². The minimum absolute atomic E-state index is 0. The van der Waals surface area contributed by atoms with Gasteiger partial charge in [-0.1, -0.05) is 0 Å². The summed E-state index contributed by atoms with van der Waals surface area (Å²) in [6, 6.07) is 0. The molecule has 0 spiro atoms. The molecule has 0 radical (unpaired) electrons. The molecule has 6 N–H and O–H groups in total. The van der Waals surface area contributed by atoms with Gasteiger partial charge in [0, 0.05) is 13.8 Å². The van der Waals surface area contributed by atoms with E-state index in [1.165, 1.54) is 0 Å². The number of hydrogen-bond donors (Lipinski definition) is 4. The van der Waals surface area contributed by atoms with Crippen molar-refractivity contribution in [3.63, 3.8) is 0 Å². The van der Waals surface area contributed by atoms with Gasteiger partial charge >= 0.3 is 59.1 Å². The van der Waals surface area contributed by atoms with Gasteiger partial charge in [-0.25, -0.2) is 0 Å². The summed E-state index contributed by atoms with van der Waals surface area (Å²) in [6.07, 6.45) is 0. The molecule has 0 heterocycles. The number of aliphatic carboxylic acids is 2. The van der Waals surface area contributed by atoms with Gasteiger partial charge in [-0.05, 0) is 0 Å². The van der Waals surface area contributed by atoms with Crippen LogP contribution in [-0.4, -0.2) is 32.6 Å². The summed E-state index contributed by atoms with van der Waals surface area (Å²) >= 11 is 7.52. The first-order valence-electron chi connectivity index (χ1n) is 3.25. The van der Waals surface area contributed by atoms with E-state index in [2.05, 4.69) is 36.7 Å². The van der Waals surface area contributed by atoms with Crippen LogP contribution in [-0.2, 0) is 34.8 Å². The number of hydrogen-bond acceptors (Lipinski definition) is 6. The third-order valence-corrected chi connectivity index (χ3v) is 0. The molecule has 0 aromatic carbocycles. The largest absolute Gasteiger partial charge is 1.00 e. The van der Waals surface area contributed by atoms with Crippen molar-refractivity contribution >= 4 is 47.7 Å². The first-order valence-corrected chi connectivity index (χ1v) is 4.07. The van der Waals surface area contributed by atoms with E-state index < -0.39 is 22.4 Å². The van der Waals surface area contributed by atoms with E-state index >= 15 is 0 Å². The van der Waals surface area contributed by atoms with Crippen LogP contribution >= 0.6 is 0 Å². The molecule has 12 heteroatoms. The van der Waals surface area contributed by atoms with Gasteiger partial charge in [0.25, 0.3) is 11.9 Å². The van der Waals surface area contributed by atoms with Gasteiger partial charge in [0.2, 0.25) is 0 Å². The average Bonchev–Trinajstić information content (AvgIpc) is 1.76. The van der Waals surface area contributed by atoms with E-state index in [0.717, 1.165) is 13.8 Å². The molecular weight excluding hydrogens is 306 g/mol. The Labute approximate surface area is 160 Å². The Morgan fingerprint density at radius 3 is 0.778 bits per heavy atom. The first-order chi connectivity index (χ1) is 6.93. The van der Waals surface area contributed by atoms with Gasteiger partial charge in [-0.2, -0.15) is 0 Å². The van der Waals surface area contributed by atoms with E-state index in [1.807, 2.05) is 0 Å². The summed E-state index contributed by atoms with van der Waals surface area (Å²) in [5.74, 6) is -1.67. The minimum atomic E-state index is -0.833. The van der Waals surface area contributed by atoms with Crippen LogP contribution in [0.5, 0.6) is 0 Å². The summed E-state index contributed by atoms with van der Waals surface area (Å²) in [5, 5.41) is 13.3. The third kappa shape index (κ3) is 37400. The summed E-state index contributed by atoms with van der Waals surface area (Å²) in [5.41, 5.74) is 8.57. The van der Waals surface area contributed by atoms with Crippen LogP contribution in [0.1, 0.15) is 13.8 Å². The topological polar surface area (TPSA) is 161 Å². The Kier molecular flexibility index (Phi) is 61.1. The normalized spacial score (nSPS) is 5.44. The summed E-state index contributed by atoms with van der Waals surface area (Å²) in [7, 11) is 0. The van der Waals surface area contributed by atoms with Crippen LogP contribution in [0.2, 0.25) is 0 Å². The molecule has 0 aliphatic heterocycles. The van der Waals surface area contributed by atoms with Gasteiger partial charge < -0.3 is 56.5 Å².